The van der Waals surface area contributed by atoms with Crippen molar-refractivity contribution in [3.63, 3.8) is 0 Å². The fraction of sp³-hybridized carbons (Fsp3) is 0.385. The number of ether oxygens (including phenoxy) is 1. The highest BCUT2D eigenvalue weighted by Crippen LogP contribution is 2.27. The second-order valence-electron chi connectivity index (χ2n) is 9.27. The molecule has 0 radical (unpaired) electrons. The number of nitrogens with one attached hydrogen (secondary N) is 3. The average molecular weight is 530 g/mol. The van der Waals surface area contributed by atoms with Crippen LogP contribution in [0, 0.1) is 18.8 Å². The van der Waals surface area contributed by atoms with Gasteiger partial charge in [-0.25, -0.2) is 14.5 Å². The Morgan fingerprint density at radius 3 is 2.38 bits per heavy atom. The Morgan fingerprint density at radius 1 is 1.11 bits per heavy atom. The first-order chi connectivity index (χ1) is 17.5. The minimum atomic E-state index is -0.904. The van der Waals surface area contributed by atoms with Crippen LogP contribution in [0.15, 0.2) is 42.5 Å². The number of aryl methyl sites for hydroxylation is 1. The molecular weight excluding hydrogens is 498 g/mol. The highest BCUT2D eigenvalue weighted by molar-refractivity contribution is 6.34. The number of hydrogen-bond donors (Lipinski definition) is 3. The highest BCUT2D eigenvalue weighted by Gasteiger charge is 2.40. The van der Waals surface area contributed by atoms with E-state index in [1.54, 1.807) is 39.0 Å². The van der Waals surface area contributed by atoms with Crippen molar-refractivity contribution in [2.75, 3.05) is 24.3 Å². The first-order valence-corrected chi connectivity index (χ1v) is 12.3. The van der Waals surface area contributed by atoms with Crippen LogP contribution < -0.4 is 16.0 Å². The standard InChI is InChI=1S/C26H32ClN5O5/c1-15(2)22(33)29-21-11-10-19(12-20(21)27)28-24-30-25(35)32(13-17(4)23(34)37-5)26(36)31(24)14-18-8-6-16(3)7-9-18/h6-12,15,17,24,28H,13-14H2,1-5H3,(H,29,33)(H,30,35)/t17-,24?/m0/s1. The van der Waals surface area contributed by atoms with Crippen molar-refractivity contribution in [2.45, 2.75) is 40.5 Å². The number of rotatable bonds is 9. The summed E-state index contributed by atoms with van der Waals surface area (Å²) in [6.07, 6.45) is -0.904. The van der Waals surface area contributed by atoms with E-state index >= 15 is 0 Å². The molecule has 3 N–H and O–H groups in total. The fourth-order valence-corrected chi connectivity index (χ4v) is 3.87. The number of benzene rings is 2. The van der Waals surface area contributed by atoms with E-state index in [1.165, 1.54) is 12.0 Å². The molecule has 2 atom stereocenters. The van der Waals surface area contributed by atoms with Crippen LogP contribution in [0.3, 0.4) is 0 Å². The molecule has 0 saturated carbocycles. The lowest BCUT2D eigenvalue weighted by molar-refractivity contribution is -0.145. The average Bonchev–Trinajstić information content (AvgIpc) is 2.86. The van der Waals surface area contributed by atoms with E-state index in [9.17, 15) is 19.2 Å². The van der Waals surface area contributed by atoms with Gasteiger partial charge in [0, 0.05) is 18.2 Å². The minimum Gasteiger partial charge on any atom is -0.469 e. The van der Waals surface area contributed by atoms with Crippen molar-refractivity contribution in [2.24, 2.45) is 11.8 Å². The van der Waals surface area contributed by atoms with Gasteiger partial charge in [0.25, 0.3) is 0 Å². The smallest absolute Gasteiger partial charge is 0.331 e. The molecule has 1 aliphatic heterocycles. The Balaban J connectivity index is 1.85. The van der Waals surface area contributed by atoms with Crippen LogP contribution in [0.25, 0.3) is 0 Å². The fourth-order valence-electron chi connectivity index (χ4n) is 3.64. The zero-order valence-corrected chi connectivity index (χ0v) is 22.3. The van der Waals surface area contributed by atoms with Crippen molar-refractivity contribution >= 4 is 46.9 Å². The van der Waals surface area contributed by atoms with Crippen molar-refractivity contribution in [3.05, 3.63) is 58.6 Å². The molecule has 1 saturated heterocycles. The van der Waals surface area contributed by atoms with E-state index in [-0.39, 0.29) is 24.9 Å². The van der Waals surface area contributed by atoms with E-state index in [0.717, 1.165) is 16.0 Å². The third kappa shape index (κ3) is 6.91. The Hall–Kier alpha value is -3.79. The first-order valence-electron chi connectivity index (χ1n) is 11.9. The van der Waals surface area contributed by atoms with E-state index in [4.69, 9.17) is 16.3 Å². The zero-order chi connectivity index (χ0) is 27.3. The SMILES string of the molecule is COC(=O)[C@@H](C)CN1C(=O)NC(Nc2ccc(NC(=O)C(C)C)c(Cl)c2)N(Cc2ccc(C)cc2)C1=O. The number of urea groups is 2. The van der Waals surface area contributed by atoms with Gasteiger partial charge in [0.2, 0.25) is 5.91 Å². The van der Waals surface area contributed by atoms with Crippen molar-refractivity contribution in [1.82, 2.24) is 15.1 Å². The minimum absolute atomic E-state index is 0.134. The second kappa shape index (κ2) is 12.0. The predicted molar refractivity (Wildman–Crippen MR) is 141 cm³/mol. The number of nitrogens with zero attached hydrogens (tertiary/aromatic N) is 2. The van der Waals surface area contributed by atoms with Crippen molar-refractivity contribution in [3.8, 4) is 0 Å². The molecule has 0 aromatic heterocycles. The summed E-state index contributed by atoms with van der Waals surface area (Å²) >= 11 is 6.38. The Kier molecular flexibility index (Phi) is 8.99. The van der Waals surface area contributed by atoms with Gasteiger partial charge in [-0.3, -0.25) is 19.8 Å². The van der Waals surface area contributed by atoms with Crippen LogP contribution in [-0.4, -0.2) is 53.7 Å². The molecule has 1 fully saturated rings. The maximum absolute atomic E-state index is 13.5. The molecule has 2 aromatic carbocycles. The molecule has 0 spiro atoms. The molecule has 37 heavy (non-hydrogen) atoms. The number of imide groups is 1. The van der Waals surface area contributed by atoms with Crippen LogP contribution >= 0.6 is 11.6 Å². The third-order valence-electron chi connectivity index (χ3n) is 5.88. The Bertz CT molecular complexity index is 1170. The number of hydrogen-bond acceptors (Lipinski definition) is 6. The lowest BCUT2D eigenvalue weighted by Gasteiger charge is -2.42. The molecule has 0 bridgehead atoms. The lowest BCUT2D eigenvalue weighted by atomic mass is 10.1. The van der Waals surface area contributed by atoms with E-state index in [1.807, 2.05) is 31.2 Å². The molecule has 198 valence electrons. The van der Waals surface area contributed by atoms with Crippen LogP contribution in [0.4, 0.5) is 21.0 Å². The predicted octanol–water partition coefficient (Wildman–Crippen LogP) is 4.39. The van der Waals surface area contributed by atoms with Gasteiger partial charge in [0.05, 0.1) is 30.3 Å². The van der Waals surface area contributed by atoms with Crippen LogP contribution in [-0.2, 0) is 20.9 Å². The van der Waals surface area contributed by atoms with Crippen molar-refractivity contribution in [1.29, 1.82) is 0 Å². The summed E-state index contributed by atoms with van der Waals surface area (Å²) in [5, 5.41) is 8.98. The third-order valence-corrected chi connectivity index (χ3v) is 6.19. The van der Waals surface area contributed by atoms with Gasteiger partial charge in [-0.1, -0.05) is 62.2 Å². The maximum Gasteiger partial charge on any atom is 0.331 e. The number of carbonyl (C=O) groups is 4. The quantitative estimate of drug-likeness (QED) is 0.414. The molecule has 0 aliphatic carbocycles. The number of halogens is 1. The number of methoxy groups -OCH3 is 1. The van der Waals surface area contributed by atoms with Gasteiger partial charge >= 0.3 is 18.0 Å². The molecule has 1 heterocycles. The van der Waals surface area contributed by atoms with Gasteiger partial charge in [0.1, 0.15) is 0 Å². The second-order valence-corrected chi connectivity index (χ2v) is 9.67. The summed E-state index contributed by atoms with van der Waals surface area (Å²) in [6.45, 7) is 7.16. The van der Waals surface area contributed by atoms with Crippen LogP contribution in [0.5, 0.6) is 0 Å². The summed E-state index contributed by atoms with van der Waals surface area (Å²) in [5.74, 6) is -1.60. The zero-order valence-electron chi connectivity index (χ0n) is 21.5. The summed E-state index contributed by atoms with van der Waals surface area (Å²) in [6, 6.07) is 11.4. The van der Waals surface area contributed by atoms with E-state index < -0.39 is 30.2 Å². The maximum atomic E-state index is 13.5. The normalized spacial score (nSPS) is 16.4. The largest absolute Gasteiger partial charge is 0.469 e. The summed E-state index contributed by atoms with van der Waals surface area (Å²) in [4.78, 5) is 52.8. The summed E-state index contributed by atoms with van der Waals surface area (Å²) < 4.78 is 4.74. The number of carbonyl (C=O) groups excluding carboxylic acids is 4. The topological polar surface area (TPSA) is 120 Å². The van der Waals surface area contributed by atoms with Crippen LogP contribution in [0.1, 0.15) is 31.9 Å². The lowest BCUT2D eigenvalue weighted by Crippen LogP contribution is -2.67. The van der Waals surface area contributed by atoms with E-state index in [2.05, 4.69) is 16.0 Å². The Morgan fingerprint density at radius 2 is 1.78 bits per heavy atom. The Labute approximate surface area is 221 Å². The number of amides is 5. The highest BCUT2D eigenvalue weighted by atomic mass is 35.5. The van der Waals surface area contributed by atoms with E-state index in [0.29, 0.717) is 16.4 Å². The summed E-state index contributed by atoms with van der Waals surface area (Å²) in [5.41, 5.74) is 2.90. The van der Waals surface area contributed by atoms with Crippen LogP contribution in [0.2, 0.25) is 5.02 Å². The van der Waals surface area contributed by atoms with Gasteiger partial charge in [-0.15, -0.1) is 0 Å². The molecule has 11 heteroatoms. The molecule has 3 rings (SSSR count). The van der Waals surface area contributed by atoms with Gasteiger partial charge in [-0.2, -0.15) is 0 Å². The van der Waals surface area contributed by atoms with Gasteiger partial charge in [0.15, 0.2) is 6.29 Å². The first kappa shape index (κ1) is 27.8. The number of anilines is 2. The van der Waals surface area contributed by atoms with Gasteiger partial charge in [-0.05, 0) is 30.7 Å². The van der Waals surface area contributed by atoms with Crippen molar-refractivity contribution < 1.29 is 23.9 Å². The molecule has 10 nitrogen and oxygen atoms in total. The molecule has 2 aromatic rings. The summed E-state index contributed by atoms with van der Waals surface area (Å²) in [7, 11) is 1.26. The van der Waals surface area contributed by atoms with Gasteiger partial charge < -0.3 is 15.4 Å². The molecule has 1 unspecified atom stereocenters. The number of esters is 1. The molecule has 1 aliphatic rings. The monoisotopic (exact) mass is 529 g/mol. The molecule has 5 amide bonds. The molecular formula is C26H32ClN5O5.